The van der Waals surface area contributed by atoms with Crippen LogP contribution >= 0.6 is 0 Å². The predicted octanol–water partition coefficient (Wildman–Crippen LogP) is 2.15. The Balaban J connectivity index is 1.35. The molecule has 2 aliphatic heterocycles. The van der Waals surface area contributed by atoms with E-state index < -0.39 is 10.0 Å². The summed E-state index contributed by atoms with van der Waals surface area (Å²) in [4.78, 5) is 12.7. The summed E-state index contributed by atoms with van der Waals surface area (Å²) in [5.41, 5.74) is 0.701. The van der Waals surface area contributed by atoms with Crippen LogP contribution < -0.4 is 5.32 Å². The SMILES string of the molecule is O=C(N[C@@H]1CCCOC1)c1cc(C2CCN(S(=O)(=O)c3ccccc3)CC2)no1. The first-order valence-electron chi connectivity index (χ1n) is 9.94. The summed E-state index contributed by atoms with van der Waals surface area (Å²) in [6.07, 6.45) is 3.09. The molecule has 2 fully saturated rings. The van der Waals surface area contributed by atoms with E-state index in [1.54, 1.807) is 36.4 Å². The monoisotopic (exact) mass is 419 g/mol. The van der Waals surface area contributed by atoms with Crippen molar-refractivity contribution in [2.45, 2.75) is 42.5 Å². The van der Waals surface area contributed by atoms with E-state index in [0.29, 0.717) is 43.1 Å². The molecule has 0 unspecified atom stereocenters. The fourth-order valence-electron chi connectivity index (χ4n) is 3.83. The van der Waals surface area contributed by atoms with E-state index in [4.69, 9.17) is 9.26 Å². The molecule has 4 rings (SSSR count). The summed E-state index contributed by atoms with van der Waals surface area (Å²) in [6.45, 7) is 2.07. The van der Waals surface area contributed by atoms with E-state index in [9.17, 15) is 13.2 Å². The van der Waals surface area contributed by atoms with Crippen LogP contribution in [0.25, 0.3) is 0 Å². The number of piperidine rings is 1. The summed E-state index contributed by atoms with van der Waals surface area (Å²) in [5, 5.41) is 6.98. The number of aromatic nitrogens is 1. The quantitative estimate of drug-likeness (QED) is 0.797. The van der Waals surface area contributed by atoms with E-state index in [0.717, 1.165) is 19.4 Å². The Bertz CT molecular complexity index is 930. The number of carbonyl (C=O) groups excluding carboxylic acids is 1. The minimum Gasteiger partial charge on any atom is -0.379 e. The first kappa shape index (κ1) is 20.1. The summed E-state index contributed by atoms with van der Waals surface area (Å²) in [6, 6.07) is 10.1. The third-order valence-corrected chi connectivity index (χ3v) is 7.41. The average molecular weight is 420 g/mol. The molecule has 2 aliphatic rings. The lowest BCUT2D eigenvalue weighted by atomic mass is 9.94. The van der Waals surface area contributed by atoms with Gasteiger partial charge in [0.15, 0.2) is 0 Å². The van der Waals surface area contributed by atoms with Crippen LogP contribution in [0.1, 0.15) is 47.8 Å². The number of nitrogens with zero attached hydrogens (tertiary/aromatic N) is 2. The lowest BCUT2D eigenvalue weighted by molar-refractivity contribution is 0.0608. The molecule has 2 saturated heterocycles. The number of nitrogens with one attached hydrogen (secondary N) is 1. The zero-order chi connectivity index (χ0) is 20.3. The zero-order valence-electron chi connectivity index (χ0n) is 16.1. The van der Waals surface area contributed by atoms with Crippen LogP contribution in [0.3, 0.4) is 0 Å². The van der Waals surface area contributed by atoms with E-state index in [1.807, 2.05) is 0 Å². The number of sulfonamides is 1. The van der Waals surface area contributed by atoms with Gasteiger partial charge in [0.1, 0.15) is 0 Å². The normalized spacial score (nSPS) is 21.7. The van der Waals surface area contributed by atoms with Crippen molar-refractivity contribution in [3.63, 3.8) is 0 Å². The molecule has 1 atom stereocenters. The van der Waals surface area contributed by atoms with Gasteiger partial charge in [0.25, 0.3) is 5.91 Å². The van der Waals surface area contributed by atoms with E-state index in [-0.39, 0.29) is 23.6 Å². The standard InChI is InChI=1S/C20H25N3O5S/c24-20(21-16-5-4-12-27-14-16)19-13-18(22-28-19)15-8-10-23(11-9-15)29(25,26)17-6-2-1-3-7-17/h1-3,6-7,13,15-16H,4-5,8-12,14H2,(H,21,24)/t16-/m1/s1. The van der Waals surface area contributed by atoms with Crippen molar-refractivity contribution in [2.75, 3.05) is 26.3 Å². The van der Waals surface area contributed by atoms with E-state index >= 15 is 0 Å². The van der Waals surface area contributed by atoms with Crippen LogP contribution in [0.15, 0.2) is 45.8 Å². The Morgan fingerprint density at radius 3 is 2.59 bits per heavy atom. The fraction of sp³-hybridized carbons (Fsp3) is 0.500. The smallest absolute Gasteiger partial charge is 0.290 e. The molecule has 9 heteroatoms. The largest absolute Gasteiger partial charge is 0.379 e. The summed E-state index contributed by atoms with van der Waals surface area (Å²) < 4.78 is 37.6. The van der Waals surface area contributed by atoms with Gasteiger partial charge in [0.2, 0.25) is 15.8 Å². The molecule has 0 saturated carbocycles. The van der Waals surface area contributed by atoms with Gasteiger partial charge in [-0.2, -0.15) is 4.31 Å². The van der Waals surface area contributed by atoms with E-state index in [1.165, 1.54) is 4.31 Å². The van der Waals surface area contributed by atoms with Gasteiger partial charge in [-0.3, -0.25) is 4.79 Å². The number of carbonyl (C=O) groups is 1. The molecule has 3 heterocycles. The molecule has 1 aromatic heterocycles. The molecule has 156 valence electrons. The second kappa shape index (κ2) is 8.64. The summed E-state index contributed by atoms with van der Waals surface area (Å²) in [5.74, 6) is -0.0335. The lowest BCUT2D eigenvalue weighted by Gasteiger charge is -2.30. The highest BCUT2D eigenvalue weighted by atomic mass is 32.2. The number of rotatable bonds is 5. The highest BCUT2D eigenvalue weighted by molar-refractivity contribution is 7.89. The van der Waals surface area contributed by atoms with E-state index in [2.05, 4.69) is 10.5 Å². The van der Waals surface area contributed by atoms with Crippen molar-refractivity contribution >= 4 is 15.9 Å². The number of hydrogen-bond donors (Lipinski definition) is 1. The molecule has 2 aromatic rings. The zero-order valence-corrected chi connectivity index (χ0v) is 16.9. The first-order chi connectivity index (χ1) is 14.0. The third kappa shape index (κ3) is 4.52. The molecule has 8 nitrogen and oxygen atoms in total. The molecule has 1 N–H and O–H groups in total. The molecule has 29 heavy (non-hydrogen) atoms. The van der Waals surface area contributed by atoms with Crippen LogP contribution in [-0.4, -0.2) is 56.1 Å². The van der Waals surface area contributed by atoms with Crippen LogP contribution in [-0.2, 0) is 14.8 Å². The number of benzene rings is 1. The molecule has 0 bridgehead atoms. The Morgan fingerprint density at radius 1 is 1.14 bits per heavy atom. The average Bonchev–Trinajstić information content (AvgIpc) is 3.26. The third-order valence-electron chi connectivity index (χ3n) is 5.50. The van der Waals surface area contributed by atoms with Crippen molar-refractivity contribution in [1.29, 1.82) is 0 Å². The minimum atomic E-state index is -3.48. The van der Waals surface area contributed by atoms with Crippen LogP contribution in [0, 0.1) is 0 Å². The van der Waals surface area contributed by atoms with Gasteiger partial charge >= 0.3 is 0 Å². The van der Waals surface area contributed by atoms with Crippen molar-refractivity contribution in [1.82, 2.24) is 14.8 Å². The van der Waals surface area contributed by atoms with Gasteiger partial charge in [0, 0.05) is 31.7 Å². The number of ether oxygens (including phenoxy) is 1. The summed E-state index contributed by atoms with van der Waals surface area (Å²) in [7, 11) is -3.48. The molecule has 0 aliphatic carbocycles. The Morgan fingerprint density at radius 2 is 1.90 bits per heavy atom. The highest BCUT2D eigenvalue weighted by Crippen LogP contribution is 2.30. The fourth-order valence-corrected chi connectivity index (χ4v) is 5.32. The second-order valence-electron chi connectivity index (χ2n) is 7.49. The van der Waals surface area contributed by atoms with Crippen LogP contribution in [0.4, 0.5) is 0 Å². The second-order valence-corrected chi connectivity index (χ2v) is 9.43. The first-order valence-corrected chi connectivity index (χ1v) is 11.4. The Labute approximate surface area is 170 Å². The number of hydrogen-bond acceptors (Lipinski definition) is 6. The molecule has 1 aromatic carbocycles. The van der Waals surface area contributed by atoms with Crippen LogP contribution in [0.5, 0.6) is 0 Å². The van der Waals surface area contributed by atoms with Gasteiger partial charge < -0.3 is 14.6 Å². The van der Waals surface area contributed by atoms with Crippen molar-refractivity contribution in [3.8, 4) is 0 Å². The lowest BCUT2D eigenvalue weighted by Crippen LogP contribution is -2.40. The maximum absolute atomic E-state index is 12.7. The predicted molar refractivity (Wildman–Crippen MR) is 105 cm³/mol. The Kier molecular flexibility index (Phi) is 5.98. The molecular weight excluding hydrogens is 394 g/mol. The van der Waals surface area contributed by atoms with Gasteiger partial charge in [-0.25, -0.2) is 8.42 Å². The topological polar surface area (TPSA) is 102 Å². The van der Waals surface area contributed by atoms with Crippen molar-refractivity contribution in [3.05, 3.63) is 47.9 Å². The molecule has 1 amide bonds. The van der Waals surface area contributed by atoms with Crippen molar-refractivity contribution in [2.24, 2.45) is 0 Å². The Hall–Kier alpha value is -2.23. The van der Waals surface area contributed by atoms with Crippen LogP contribution in [0.2, 0.25) is 0 Å². The minimum absolute atomic E-state index is 0.00349. The molecular formula is C20H25N3O5S. The maximum atomic E-state index is 12.7. The van der Waals surface area contributed by atoms with Crippen molar-refractivity contribution < 1.29 is 22.5 Å². The summed E-state index contributed by atoms with van der Waals surface area (Å²) >= 11 is 0. The van der Waals surface area contributed by atoms with Gasteiger partial charge in [0.05, 0.1) is 23.2 Å². The maximum Gasteiger partial charge on any atom is 0.290 e. The van der Waals surface area contributed by atoms with Gasteiger partial charge in [-0.15, -0.1) is 0 Å². The van der Waals surface area contributed by atoms with Gasteiger partial charge in [-0.05, 0) is 37.8 Å². The molecule has 0 radical (unpaired) electrons. The number of amides is 1. The highest BCUT2D eigenvalue weighted by Gasteiger charge is 2.31. The van der Waals surface area contributed by atoms with Gasteiger partial charge in [-0.1, -0.05) is 23.4 Å². The molecule has 0 spiro atoms.